The molecule has 1 aliphatic heterocycles. The Hall–Kier alpha value is -2.54. The maximum absolute atomic E-state index is 14.9. The minimum atomic E-state index is -2.46. The lowest BCUT2D eigenvalue weighted by Gasteiger charge is -2.40. The molecule has 0 radical (unpaired) electrons. The number of carbonyl (C=O) groups is 1. The van der Waals surface area contributed by atoms with E-state index in [2.05, 4.69) is 15.2 Å². The van der Waals surface area contributed by atoms with E-state index in [-0.39, 0.29) is 18.1 Å². The largest absolute Gasteiger partial charge is 0.396 e. The number of aliphatic hydroxyl groups is 1. The van der Waals surface area contributed by atoms with Crippen molar-refractivity contribution < 1.29 is 23.4 Å². The number of primary amides is 1. The van der Waals surface area contributed by atoms with Crippen LogP contribution in [-0.2, 0) is 6.54 Å². The molecule has 1 aliphatic rings. The van der Waals surface area contributed by atoms with Crippen LogP contribution in [0.1, 0.15) is 34.5 Å². The van der Waals surface area contributed by atoms with Crippen LogP contribution < -0.4 is 11.1 Å². The van der Waals surface area contributed by atoms with E-state index in [1.54, 1.807) is 24.3 Å². The number of hydrogen-bond donors (Lipinski definition) is 5. The monoisotopic (exact) mass is 520 g/mol. The zero-order valence-electron chi connectivity index (χ0n) is 19.3. The van der Waals surface area contributed by atoms with Crippen LogP contribution in [0.15, 0.2) is 42.5 Å². The number of rotatable bonds is 8. The SMILES string of the molecule is CC(CO)c1ccc(-c2cc(C(N)=O)c(Nc3cccc(CN4CCS(O)(O)CC4)n3)s2)c(F)c1. The number of halogens is 1. The Morgan fingerprint density at radius 1 is 1.26 bits per heavy atom. The second kappa shape index (κ2) is 10.6. The molecule has 0 bridgehead atoms. The highest BCUT2D eigenvalue weighted by atomic mass is 32.3. The minimum Gasteiger partial charge on any atom is -0.396 e. The van der Waals surface area contributed by atoms with Gasteiger partial charge in [-0.1, -0.05) is 25.1 Å². The van der Waals surface area contributed by atoms with Crippen molar-refractivity contribution in [3.63, 3.8) is 0 Å². The fourth-order valence-electron chi connectivity index (χ4n) is 3.85. The van der Waals surface area contributed by atoms with Crippen molar-refractivity contribution in [3.8, 4) is 10.4 Å². The molecular weight excluding hydrogens is 491 g/mol. The number of nitrogens with zero attached hydrogens (tertiary/aromatic N) is 2. The lowest BCUT2D eigenvalue weighted by atomic mass is 9.99. The molecule has 0 aliphatic carbocycles. The summed E-state index contributed by atoms with van der Waals surface area (Å²) in [6.45, 7) is 3.47. The van der Waals surface area contributed by atoms with E-state index >= 15 is 0 Å². The number of pyridine rings is 1. The molecule has 6 N–H and O–H groups in total. The first-order chi connectivity index (χ1) is 16.6. The fourth-order valence-corrected chi connectivity index (χ4v) is 6.25. The first-order valence-electron chi connectivity index (χ1n) is 11.2. The number of nitrogens with two attached hydrogens (primary N) is 1. The number of anilines is 2. The van der Waals surface area contributed by atoms with Crippen molar-refractivity contribution in [1.82, 2.24) is 9.88 Å². The van der Waals surface area contributed by atoms with Gasteiger partial charge in [0.2, 0.25) is 0 Å². The van der Waals surface area contributed by atoms with Gasteiger partial charge in [-0.05, 0) is 29.8 Å². The van der Waals surface area contributed by atoms with Crippen LogP contribution in [0, 0.1) is 5.82 Å². The summed E-state index contributed by atoms with van der Waals surface area (Å²) < 4.78 is 34.5. The Morgan fingerprint density at radius 3 is 2.66 bits per heavy atom. The summed E-state index contributed by atoms with van der Waals surface area (Å²) in [5.41, 5.74) is 7.67. The Labute approximate surface area is 209 Å². The molecule has 188 valence electrons. The maximum atomic E-state index is 14.9. The summed E-state index contributed by atoms with van der Waals surface area (Å²) in [6, 6.07) is 11.9. The van der Waals surface area contributed by atoms with Gasteiger partial charge in [0.25, 0.3) is 5.91 Å². The highest BCUT2D eigenvalue weighted by molar-refractivity contribution is 8.24. The van der Waals surface area contributed by atoms with Gasteiger partial charge in [0.1, 0.15) is 16.6 Å². The van der Waals surface area contributed by atoms with E-state index in [0.29, 0.717) is 58.0 Å². The first kappa shape index (κ1) is 25.5. The Morgan fingerprint density at radius 2 is 2.00 bits per heavy atom. The van der Waals surface area contributed by atoms with Crippen LogP contribution in [0.2, 0.25) is 0 Å². The van der Waals surface area contributed by atoms with Crippen molar-refractivity contribution >= 4 is 38.7 Å². The van der Waals surface area contributed by atoms with Gasteiger partial charge in [-0.25, -0.2) is 9.37 Å². The highest BCUT2D eigenvalue weighted by Crippen LogP contribution is 2.41. The molecule has 0 spiro atoms. The summed E-state index contributed by atoms with van der Waals surface area (Å²) in [7, 11) is -2.46. The van der Waals surface area contributed by atoms with E-state index in [4.69, 9.17) is 5.73 Å². The van der Waals surface area contributed by atoms with Gasteiger partial charge < -0.3 is 16.2 Å². The van der Waals surface area contributed by atoms with Crippen LogP contribution in [0.5, 0.6) is 0 Å². The van der Waals surface area contributed by atoms with Gasteiger partial charge in [-0.3, -0.25) is 18.8 Å². The van der Waals surface area contributed by atoms with Crippen LogP contribution in [0.25, 0.3) is 10.4 Å². The molecule has 11 heteroatoms. The van der Waals surface area contributed by atoms with Crippen molar-refractivity contribution in [1.29, 1.82) is 0 Å². The normalized spacial score (nSPS) is 17.6. The zero-order chi connectivity index (χ0) is 25.2. The average Bonchev–Trinajstić information content (AvgIpc) is 3.24. The molecule has 35 heavy (non-hydrogen) atoms. The van der Waals surface area contributed by atoms with E-state index in [1.807, 2.05) is 19.1 Å². The fraction of sp³-hybridized carbons (Fsp3) is 0.333. The molecule has 0 saturated carbocycles. The van der Waals surface area contributed by atoms with Gasteiger partial charge in [0.05, 0.1) is 22.8 Å². The van der Waals surface area contributed by atoms with E-state index in [0.717, 1.165) is 5.69 Å². The van der Waals surface area contributed by atoms with Crippen molar-refractivity contribution in [2.24, 2.45) is 5.73 Å². The number of amides is 1. The summed E-state index contributed by atoms with van der Waals surface area (Å²) >= 11 is 1.21. The molecule has 1 fully saturated rings. The first-order valence-corrected chi connectivity index (χ1v) is 13.9. The van der Waals surface area contributed by atoms with Gasteiger partial charge in [-0.15, -0.1) is 11.3 Å². The molecule has 2 aromatic heterocycles. The second-order valence-corrected chi connectivity index (χ2v) is 12.1. The zero-order valence-corrected chi connectivity index (χ0v) is 20.9. The molecular formula is C24H29FN4O4S2. The van der Waals surface area contributed by atoms with E-state index < -0.39 is 22.3 Å². The summed E-state index contributed by atoms with van der Waals surface area (Å²) in [5, 5.41) is 12.9. The number of aromatic nitrogens is 1. The number of thiophene rings is 1. The molecule has 1 aromatic carbocycles. The van der Waals surface area contributed by atoms with Gasteiger partial charge in [-0.2, -0.15) is 10.6 Å². The van der Waals surface area contributed by atoms with Crippen molar-refractivity contribution in [2.75, 3.05) is 36.5 Å². The number of benzene rings is 1. The Bertz CT molecular complexity index is 1210. The molecule has 1 saturated heterocycles. The number of carbonyl (C=O) groups excluding carboxylic acids is 1. The van der Waals surface area contributed by atoms with E-state index in [9.17, 15) is 23.4 Å². The number of hydrogen-bond acceptors (Lipinski definition) is 8. The minimum absolute atomic E-state index is 0.0772. The third-order valence-electron chi connectivity index (χ3n) is 6.00. The molecule has 8 nitrogen and oxygen atoms in total. The topological polar surface area (TPSA) is 132 Å². The second-order valence-electron chi connectivity index (χ2n) is 8.67. The predicted octanol–water partition coefficient (Wildman–Crippen LogP) is 4.45. The number of aliphatic hydroxyl groups excluding tert-OH is 1. The van der Waals surface area contributed by atoms with Crippen LogP contribution in [-0.4, -0.2) is 61.2 Å². The highest BCUT2D eigenvalue weighted by Gasteiger charge is 2.23. The maximum Gasteiger partial charge on any atom is 0.251 e. The van der Waals surface area contributed by atoms with Crippen molar-refractivity contribution in [2.45, 2.75) is 19.4 Å². The Balaban J connectivity index is 1.54. The van der Waals surface area contributed by atoms with Crippen LogP contribution in [0.4, 0.5) is 15.2 Å². The van der Waals surface area contributed by atoms with Gasteiger partial charge >= 0.3 is 0 Å². The summed E-state index contributed by atoms with van der Waals surface area (Å²) in [5.74, 6) is -0.0101. The van der Waals surface area contributed by atoms with Gasteiger partial charge in [0.15, 0.2) is 0 Å². The lowest BCUT2D eigenvalue weighted by molar-refractivity contribution is 0.100. The smallest absolute Gasteiger partial charge is 0.251 e. The lowest BCUT2D eigenvalue weighted by Crippen LogP contribution is -2.37. The standard InChI is InChI=1S/C24H29FN4O4S2/c1-15(14-30)16-5-6-18(20(25)11-16)21-12-19(23(26)31)24(34-21)28-22-4-2-3-17(27-22)13-29-7-9-35(32,33)10-8-29/h2-6,11-12,15,30,32-33H,7-10,13-14H2,1H3,(H2,26,31)(H,27,28). The third kappa shape index (κ3) is 6.18. The van der Waals surface area contributed by atoms with Crippen LogP contribution >= 0.6 is 21.9 Å². The molecule has 3 heterocycles. The quantitative estimate of drug-likeness (QED) is 0.296. The Kier molecular flexibility index (Phi) is 7.74. The molecule has 4 rings (SSSR count). The molecule has 1 atom stereocenters. The number of nitrogens with one attached hydrogen (secondary N) is 1. The molecule has 3 aromatic rings. The van der Waals surface area contributed by atoms with Crippen LogP contribution in [0.3, 0.4) is 0 Å². The average molecular weight is 521 g/mol. The van der Waals surface area contributed by atoms with Gasteiger partial charge in [0, 0.05) is 42.6 Å². The van der Waals surface area contributed by atoms with Crippen molar-refractivity contribution in [3.05, 3.63) is 65.1 Å². The molecule has 1 unspecified atom stereocenters. The van der Waals surface area contributed by atoms with E-state index in [1.165, 1.54) is 17.4 Å². The predicted molar refractivity (Wildman–Crippen MR) is 139 cm³/mol. The summed E-state index contributed by atoms with van der Waals surface area (Å²) in [4.78, 5) is 19.4. The molecule has 1 amide bonds. The summed E-state index contributed by atoms with van der Waals surface area (Å²) in [6.07, 6.45) is 0. The third-order valence-corrected chi connectivity index (χ3v) is 8.76.